The quantitative estimate of drug-likeness (QED) is 0.578. The highest BCUT2D eigenvalue weighted by molar-refractivity contribution is 5.51. The molecule has 1 aromatic carbocycles. The van der Waals surface area contributed by atoms with E-state index in [4.69, 9.17) is 15.2 Å². The van der Waals surface area contributed by atoms with Gasteiger partial charge in [0.1, 0.15) is 0 Å². The fourth-order valence-electron chi connectivity index (χ4n) is 1.34. The molecule has 0 bridgehead atoms. The van der Waals surface area contributed by atoms with E-state index in [-0.39, 0.29) is 0 Å². The molecular formula is C12H19NO2. The molecule has 0 aromatic heterocycles. The van der Waals surface area contributed by atoms with Crippen molar-refractivity contribution in [3.05, 3.63) is 18.2 Å². The van der Waals surface area contributed by atoms with E-state index in [1.54, 1.807) is 19.2 Å². The highest BCUT2D eigenvalue weighted by Gasteiger charge is 2.03. The molecule has 0 saturated carbocycles. The molecule has 0 unspecified atom stereocenters. The minimum Gasteiger partial charge on any atom is -0.493 e. The van der Waals surface area contributed by atoms with Crippen LogP contribution < -0.4 is 15.2 Å². The van der Waals surface area contributed by atoms with Crippen LogP contribution in [-0.2, 0) is 0 Å². The number of hydrogen-bond donors (Lipinski definition) is 1. The first-order valence-electron chi connectivity index (χ1n) is 5.34. The average molecular weight is 209 g/mol. The molecule has 0 aliphatic rings. The second-order valence-corrected chi connectivity index (χ2v) is 3.47. The number of nitrogens with two attached hydrogens (primary N) is 1. The summed E-state index contributed by atoms with van der Waals surface area (Å²) >= 11 is 0. The molecule has 0 atom stereocenters. The molecule has 3 heteroatoms. The lowest BCUT2D eigenvalue weighted by Gasteiger charge is -2.10. The van der Waals surface area contributed by atoms with Gasteiger partial charge in [0.25, 0.3) is 0 Å². The molecular weight excluding hydrogens is 190 g/mol. The number of rotatable bonds is 6. The summed E-state index contributed by atoms with van der Waals surface area (Å²) in [6.45, 7) is 2.88. The minimum atomic E-state index is 0.696. The molecule has 1 aromatic rings. The van der Waals surface area contributed by atoms with Gasteiger partial charge in [-0.1, -0.05) is 19.8 Å². The van der Waals surface area contributed by atoms with Crippen molar-refractivity contribution in [2.75, 3.05) is 19.5 Å². The molecule has 84 valence electrons. The third-order valence-corrected chi connectivity index (χ3v) is 2.19. The first-order chi connectivity index (χ1) is 7.27. The van der Waals surface area contributed by atoms with Gasteiger partial charge in [0.15, 0.2) is 11.5 Å². The lowest BCUT2D eigenvalue weighted by molar-refractivity contribution is 0.286. The van der Waals surface area contributed by atoms with E-state index in [2.05, 4.69) is 6.92 Å². The Kier molecular flexibility index (Phi) is 4.81. The third-order valence-electron chi connectivity index (χ3n) is 2.19. The van der Waals surface area contributed by atoms with Crippen LogP contribution in [-0.4, -0.2) is 13.7 Å². The Morgan fingerprint density at radius 2 is 2.00 bits per heavy atom. The van der Waals surface area contributed by atoms with Crippen LogP contribution in [0.5, 0.6) is 11.5 Å². The summed E-state index contributed by atoms with van der Waals surface area (Å²) in [5.74, 6) is 1.47. The maximum atomic E-state index is 5.68. The van der Waals surface area contributed by atoms with Crippen LogP contribution in [0.25, 0.3) is 0 Å². The first kappa shape index (κ1) is 11.7. The molecule has 15 heavy (non-hydrogen) atoms. The Balaban J connectivity index is 2.54. The summed E-state index contributed by atoms with van der Waals surface area (Å²) in [6, 6.07) is 5.42. The van der Waals surface area contributed by atoms with Crippen molar-refractivity contribution in [1.82, 2.24) is 0 Å². The number of hydrogen-bond acceptors (Lipinski definition) is 3. The predicted molar refractivity (Wildman–Crippen MR) is 62.4 cm³/mol. The lowest BCUT2D eigenvalue weighted by Crippen LogP contribution is -2.00. The van der Waals surface area contributed by atoms with Gasteiger partial charge in [0, 0.05) is 11.8 Å². The Morgan fingerprint density at radius 3 is 2.67 bits per heavy atom. The molecule has 0 aliphatic carbocycles. The number of benzene rings is 1. The Bertz CT molecular complexity index is 300. The smallest absolute Gasteiger partial charge is 0.163 e. The molecule has 0 fully saturated rings. The van der Waals surface area contributed by atoms with E-state index in [1.165, 1.54) is 12.8 Å². The van der Waals surface area contributed by atoms with Crippen LogP contribution in [0.4, 0.5) is 5.69 Å². The van der Waals surface area contributed by atoms with Gasteiger partial charge in [-0.3, -0.25) is 0 Å². The van der Waals surface area contributed by atoms with Gasteiger partial charge in [-0.15, -0.1) is 0 Å². The van der Waals surface area contributed by atoms with E-state index in [0.29, 0.717) is 12.3 Å². The molecule has 0 radical (unpaired) electrons. The van der Waals surface area contributed by atoms with Gasteiger partial charge in [-0.2, -0.15) is 0 Å². The topological polar surface area (TPSA) is 44.5 Å². The maximum absolute atomic E-state index is 5.68. The van der Waals surface area contributed by atoms with Crippen molar-refractivity contribution in [3.63, 3.8) is 0 Å². The highest BCUT2D eigenvalue weighted by atomic mass is 16.5. The molecule has 0 heterocycles. The van der Waals surface area contributed by atoms with Crippen LogP contribution >= 0.6 is 0 Å². The highest BCUT2D eigenvalue weighted by Crippen LogP contribution is 2.29. The van der Waals surface area contributed by atoms with Crippen LogP contribution in [0.1, 0.15) is 26.2 Å². The van der Waals surface area contributed by atoms with Crippen molar-refractivity contribution in [2.45, 2.75) is 26.2 Å². The zero-order valence-corrected chi connectivity index (χ0v) is 9.45. The second-order valence-electron chi connectivity index (χ2n) is 3.47. The summed E-state index contributed by atoms with van der Waals surface area (Å²) in [5.41, 5.74) is 6.37. The molecule has 0 amide bonds. The van der Waals surface area contributed by atoms with Crippen molar-refractivity contribution in [3.8, 4) is 11.5 Å². The Hall–Kier alpha value is -1.38. The van der Waals surface area contributed by atoms with Gasteiger partial charge in [0.2, 0.25) is 0 Å². The monoisotopic (exact) mass is 209 g/mol. The SMILES string of the molecule is CCCCCOc1cc(N)ccc1OC. The normalized spacial score (nSPS) is 10.0. The van der Waals surface area contributed by atoms with Crippen molar-refractivity contribution < 1.29 is 9.47 Å². The lowest BCUT2D eigenvalue weighted by atomic mass is 10.2. The molecule has 2 N–H and O–H groups in total. The zero-order valence-electron chi connectivity index (χ0n) is 9.45. The molecule has 0 spiro atoms. The minimum absolute atomic E-state index is 0.696. The fraction of sp³-hybridized carbons (Fsp3) is 0.500. The molecule has 0 saturated heterocycles. The molecule has 3 nitrogen and oxygen atoms in total. The maximum Gasteiger partial charge on any atom is 0.163 e. The standard InChI is InChI=1S/C12H19NO2/c1-3-4-5-8-15-12-9-10(13)6-7-11(12)14-2/h6-7,9H,3-5,8,13H2,1-2H3. The fourth-order valence-corrected chi connectivity index (χ4v) is 1.34. The average Bonchev–Trinajstić information content (AvgIpc) is 2.25. The summed E-state index contributed by atoms with van der Waals surface area (Å²) in [7, 11) is 1.63. The third kappa shape index (κ3) is 3.70. The molecule has 0 aliphatic heterocycles. The number of anilines is 1. The van der Waals surface area contributed by atoms with Gasteiger partial charge >= 0.3 is 0 Å². The number of ether oxygens (including phenoxy) is 2. The van der Waals surface area contributed by atoms with E-state index in [0.717, 1.165) is 17.9 Å². The largest absolute Gasteiger partial charge is 0.493 e. The van der Waals surface area contributed by atoms with E-state index >= 15 is 0 Å². The summed E-state index contributed by atoms with van der Waals surface area (Å²) in [4.78, 5) is 0. The number of methoxy groups -OCH3 is 1. The van der Waals surface area contributed by atoms with Crippen LogP contribution in [0.15, 0.2) is 18.2 Å². The molecule has 1 rings (SSSR count). The summed E-state index contributed by atoms with van der Waals surface area (Å²) in [5, 5.41) is 0. The zero-order chi connectivity index (χ0) is 11.1. The van der Waals surface area contributed by atoms with Crippen molar-refractivity contribution in [1.29, 1.82) is 0 Å². The predicted octanol–water partition coefficient (Wildman–Crippen LogP) is 2.85. The van der Waals surface area contributed by atoms with Gasteiger partial charge in [-0.25, -0.2) is 0 Å². The number of nitrogen functional groups attached to an aromatic ring is 1. The van der Waals surface area contributed by atoms with Crippen LogP contribution in [0.3, 0.4) is 0 Å². The van der Waals surface area contributed by atoms with E-state index in [1.807, 2.05) is 6.07 Å². The number of unbranched alkanes of at least 4 members (excludes halogenated alkanes) is 2. The van der Waals surface area contributed by atoms with Crippen LogP contribution in [0.2, 0.25) is 0 Å². The summed E-state index contributed by atoms with van der Waals surface area (Å²) < 4.78 is 10.8. The Labute approximate surface area is 91.2 Å². The van der Waals surface area contributed by atoms with Crippen molar-refractivity contribution in [2.24, 2.45) is 0 Å². The van der Waals surface area contributed by atoms with Gasteiger partial charge in [-0.05, 0) is 18.6 Å². The first-order valence-corrected chi connectivity index (χ1v) is 5.34. The van der Waals surface area contributed by atoms with Gasteiger partial charge < -0.3 is 15.2 Å². The van der Waals surface area contributed by atoms with E-state index < -0.39 is 0 Å². The van der Waals surface area contributed by atoms with Gasteiger partial charge in [0.05, 0.1) is 13.7 Å². The van der Waals surface area contributed by atoms with Crippen molar-refractivity contribution >= 4 is 5.69 Å². The van der Waals surface area contributed by atoms with E-state index in [9.17, 15) is 0 Å². The van der Waals surface area contributed by atoms with Crippen LogP contribution in [0, 0.1) is 0 Å². The second kappa shape index (κ2) is 6.17. The Morgan fingerprint density at radius 1 is 1.20 bits per heavy atom. The summed E-state index contributed by atoms with van der Waals surface area (Å²) in [6.07, 6.45) is 3.44.